The van der Waals surface area contributed by atoms with E-state index in [0.717, 1.165) is 59.1 Å². The Balaban J connectivity index is 1.98. The van der Waals surface area contributed by atoms with Gasteiger partial charge in [0.15, 0.2) is 0 Å². The van der Waals surface area contributed by atoms with Crippen LogP contribution < -0.4 is 0 Å². The molecule has 39 heavy (non-hydrogen) atoms. The summed E-state index contributed by atoms with van der Waals surface area (Å²) in [4.78, 5) is 9.98. The molecule has 1 aliphatic carbocycles. The second-order valence-corrected chi connectivity index (χ2v) is 14.4. The summed E-state index contributed by atoms with van der Waals surface area (Å²) in [6.45, 7) is 25.4. The Labute approximate surface area is 237 Å². The van der Waals surface area contributed by atoms with Crippen LogP contribution in [-0.2, 0) is 16.2 Å². The van der Waals surface area contributed by atoms with E-state index in [9.17, 15) is 10.2 Å². The highest BCUT2D eigenvalue weighted by Crippen LogP contribution is 2.38. The minimum absolute atomic E-state index is 0.0241. The van der Waals surface area contributed by atoms with Crippen LogP contribution in [0.2, 0.25) is 0 Å². The van der Waals surface area contributed by atoms with Gasteiger partial charge in [0.25, 0.3) is 0 Å². The molecule has 0 aromatic heterocycles. The van der Waals surface area contributed by atoms with Gasteiger partial charge in [0.2, 0.25) is 0 Å². The van der Waals surface area contributed by atoms with E-state index in [1.807, 2.05) is 31.5 Å². The molecular weight excluding hydrogens is 480 g/mol. The van der Waals surface area contributed by atoms with Crippen LogP contribution in [-0.4, -0.2) is 34.7 Å². The lowest BCUT2D eigenvalue weighted by atomic mass is 9.79. The Morgan fingerprint density at radius 2 is 1.15 bits per heavy atom. The van der Waals surface area contributed by atoms with E-state index in [0.29, 0.717) is 5.75 Å². The normalized spacial score (nSPS) is 19.2. The quantitative estimate of drug-likeness (QED) is 0.379. The highest BCUT2D eigenvalue weighted by Gasteiger charge is 2.27. The van der Waals surface area contributed by atoms with E-state index in [1.54, 1.807) is 0 Å². The van der Waals surface area contributed by atoms with Gasteiger partial charge in [-0.25, -0.2) is 0 Å². The number of phenols is 2. The van der Waals surface area contributed by atoms with Crippen LogP contribution in [0.5, 0.6) is 11.5 Å². The van der Waals surface area contributed by atoms with Gasteiger partial charge in [-0.15, -0.1) is 0 Å². The molecule has 1 saturated carbocycles. The molecule has 2 atom stereocenters. The van der Waals surface area contributed by atoms with Crippen LogP contribution in [0, 0.1) is 0 Å². The zero-order valence-corrected chi connectivity index (χ0v) is 25.9. The van der Waals surface area contributed by atoms with Crippen LogP contribution in [0.25, 0.3) is 5.57 Å². The number of aliphatic imine (C=N–C) groups is 2. The summed E-state index contributed by atoms with van der Waals surface area (Å²) < 4.78 is 0. The number of phenolic OH excluding ortho intramolecular Hbond substituents is 2. The van der Waals surface area contributed by atoms with Crippen molar-refractivity contribution in [1.82, 2.24) is 0 Å². The Kier molecular flexibility index (Phi) is 8.89. The van der Waals surface area contributed by atoms with Crippen molar-refractivity contribution in [3.63, 3.8) is 0 Å². The first kappa shape index (κ1) is 30.7. The lowest BCUT2D eigenvalue weighted by Crippen LogP contribution is -2.27. The third-order valence-corrected chi connectivity index (χ3v) is 7.76. The van der Waals surface area contributed by atoms with Gasteiger partial charge in [0, 0.05) is 34.7 Å². The van der Waals surface area contributed by atoms with E-state index in [4.69, 9.17) is 9.98 Å². The molecule has 0 aliphatic heterocycles. The maximum absolute atomic E-state index is 11.2. The first-order valence-corrected chi connectivity index (χ1v) is 14.4. The van der Waals surface area contributed by atoms with Crippen molar-refractivity contribution in [2.75, 3.05) is 0 Å². The molecule has 4 nitrogen and oxygen atoms in total. The van der Waals surface area contributed by atoms with E-state index in [-0.39, 0.29) is 34.1 Å². The zero-order chi connectivity index (χ0) is 29.3. The molecule has 1 unspecified atom stereocenters. The van der Waals surface area contributed by atoms with Crippen LogP contribution in [0.3, 0.4) is 0 Å². The summed E-state index contributed by atoms with van der Waals surface area (Å²) >= 11 is 0. The van der Waals surface area contributed by atoms with Crippen molar-refractivity contribution in [2.45, 2.75) is 123 Å². The van der Waals surface area contributed by atoms with Gasteiger partial charge in [0.05, 0.1) is 12.1 Å². The van der Waals surface area contributed by atoms with Gasteiger partial charge in [-0.1, -0.05) is 93.4 Å². The molecule has 1 fully saturated rings. The summed E-state index contributed by atoms with van der Waals surface area (Å²) in [6, 6.07) is 8.27. The van der Waals surface area contributed by atoms with E-state index >= 15 is 0 Å². The molecule has 3 rings (SSSR count). The van der Waals surface area contributed by atoms with Crippen molar-refractivity contribution in [3.8, 4) is 11.5 Å². The summed E-state index contributed by atoms with van der Waals surface area (Å²) in [7, 11) is 0. The molecule has 2 aromatic rings. The highest BCUT2D eigenvalue weighted by molar-refractivity contribution is 5.87. The highest BCUT2D eigenvalue weighted by atomic mass is 16.3. The number of allylic oxidation sites excluding steroid dienone is 1. The maximum atomic E-state index is 11.2. The minimum atomic E-state index is -0.203. The standard InChI is InChI=1S/C35H50N2O2/c1-22(2)23-16-24(31(38)27(18-23)34(6,7)8)20-36-29-14-12-13-15-30(29)37-21-25-17-26(33(3,4)5)19-28(32(25)39)35(9,10)11/h16-21,29-30,38-39H,1,12-15H2,2-11H3/t29?,30-/m0/s1. The smallest absolute Gasteiger partial charge is 0.128 e. The maximum Gasteiger partial charge on any atom is 0.128 e. The summed E-state index contributed by atoms with van der Waals surface area (Å²) in [5, 5.41) is 22.3. The molecule has 0 bridgehead atoms. The third kappa shape index (κ3) is 7.41. The topological polar surface area (TPSA) is 65.2 Å². The van der Waals surface area contributed by atoms with Crippen molar-refractivity contribution >= 4 is 18.0 Å². The summed E-state index contributed by atoms with van der Waals surface area (Å²) in [5.41, 5.74) is 6.06. The molecular formula is C35H50N2O2. The first-order chi connectivity index (χ1) is 17.9. The lowest BCUT2D eigenvalue weighted by Gasteiger charge is -2.28. The number of hydrogen-bond donors (Lipinski definition) is 2. The molecule has 1 aliphatic rings. The van der Waals surface area contributed by atoms with Crippen molar-refractivity contribution in [3.05, 3.63) is 64.2 Å². The van der Waals surface area contributed by atoms with Crippen LogP contribution in [0.15, 0.2) is 40.8 Å². The van der Waals surface area contributed by atoms with Gasteiger partial charge in [0.1, 0.15) is 11.5 Å². The molecule has 0 amide bonds. The fraction of sp³-hybridized carbons (Fsp3) is 0.543. The van der Waals surface area contributed by atoms with E-state index < -0.39 is 0 Å². The third-order valence-electron chi connectivity index (χ3n) is 7.76. The largest absolute Gasteiger partial charge is 0.507 e. The fourth-order valence-corrected chi connectivity index (χ4v) is 5.13. The number of aromatic hydroxyl groups is 2. The van der Waals surface area contributed by atoms with Crippen LogP contribution >= 0.6 is 0 Å². The van der Waals surface area contributed by atoms with Gasteiger partial charge in [-0.2, -0.15) is 0 Å². The predicted octanol–water partition coefficient (Wildman–Crippen LogP) is 8.87. The molecule has 0 radical (unpaired) electrons. The summed E-state index contributed by atoms with van der Waals surface area (Å²) in [5.74, 6) is 0.595. The van der Waals surface area contributed by atoms with E-state index in [1.165, 1.54) is 5.56 Å². The minimum Gasteiger partial charge on any atom is -0.507 e. The van der Waals surface area contributed by atoms with E-state index in [2.05, 4.69) is 81.0 Å². The second kappa shape index (κ2) is 11.3. The van der Waals surface area contributed by atoms with Crippen molar-refractivity contribution in [2.24, 2.45) is 9.98 Å². The average Bonchev–Trinajstić information content (AvgIpc) is 2.80. The van der Waals surface area contributed by atoms with Gasteiger partial charge in [-0.05, 0) is 65.3 Å². The Morgan fingerprint density at radius 1 is 0.718 bits per heavy atom. The number of rotatable bonds is 5. The molecule has 4 heteroatoms. The monoisotopic (exact) mass is 530 g/mol. The molecule has 2 aromatic carbocycles. The first-order valence-electron chi connectivity index (χ1n) is 14.4. The van der Waals surface area contributed by atoms with Crippen LogP contribution in [0.4, 0.5) is 0 Å². The van der Waals surface area contributed by atoms with Crippen molar-refractivity contribution < 1.29 is 10.2 Å². The Morgan fingerprint density at radius 3 is 1.56 bits per heavy atom. The number of benzene rings is 2. The number of nitrogens with zero attached hydrogens (tertiary/aromatic N) is 2. The van der Waals surface area contributed by atoms with Crippen molar-refractivity contribution in [1.29, 1.82) is 0 Å². The molecule has 0 saturated heterocycles. The number of hydrogen-bond acceptors (Lipinski definition) is 4. The van der Waals surface area contributed by atoms with Gasteiger partial charge >= 0.3 is 0 Å². The second-order valence-electron chi connectivity index (χ2n) is 14.4. The SMILES string of the molecule is C=C(C)c1cc(C=NC2CCCC[C@@H]2N=Cc2cc(C(C)(C)C)cc(C(C)(C)C)c2O)c(O)c(C(C)(C)C)c1. The molecule has 212 valence electrons. The Bertz CT molecular complexity index is 1260. The average molecular weight is 531 g/mol. The molecule has 2 N–H and O–H groups in total. The Hall–Kier alpha value is -2.88. The zero-order valence-electron chi connectivity index (χ0n) is 25.9. The van der Waals surface area contributed by atoms with Crippen LogP contribution in [0.1, 0.15) is 128 Å². The molecule has 0 spiro atoms. The fourth-order valence-electron chi connectivity index (χ4n) is 5.13. The van der Waals surface area contributed by atoms with Gasteiger partial charge in [-0.3, -0.25) is 9.98 Å². The van der Waals surface area contributed by atoms with Gasteiger partial charge < -0.3 is 10.2 Å². The molecule has 0 heterocycles. The summed E-state index contributed by atoms with van der Waals surface area (Å²) in [6.07, 6.45) is 7.81. The predicted molar refractivity (Wildman–Crippen MR) is 168 cm³/mol. The lowest BCUT2D eigenvalue weighted by molar-refractivity contribution is 0.390.